The number of benzene rings is 1. The fourth-order valence-electron chi connectivity index (χ4n) is 2.77. The molecule has 23 heavy (non-hydrogen) atoms. The summed E-state index contributed by atoms with van der Waals surface area (Å²) in [5, 5.41) is 0. The van der Waals surface area contributed by atoms with Gasteiger partial charge in [0, 0.05) is 18.7 Å². The van der Waals surface area contributed by atoms with E-state index in [-0.39, 0.29) is 17.9 Å². The van der Waals surface area contributed by atoms with Gasteiger partial charge in [0.25, 0.3) is 0 Å². The number of para-hydroxylation sites is 1. The van der Waals surface area contributed by atoms with Gasteiger partial charge in [-0.15, -0.1) is 0 Å². The summed E-state index contributed by atoms with van der Waals surface area (Å²) in [5.74, 6) is 1.08. The van der Waals surface area contributed by atoms with E-state index >= 15 is 0 Å². The van der Waals surface area contributed by atoms with Crippen LogP contribution in [-0.2, 0) is 16.1 Å². The summed E-state index contributed by atoms with van der Waals surface area (Å²) in [6.07, 6.45) is 1.89. The molecule has 0 bridgehead atoms. The first kappa shape index (κ1) is 17.8. The van der Waals surface area contributed by atoms with Crippen LogP contribution in [0.5, 0.6) is 5.75 Å². The number of hydrogen-bond acceptors (Lipinski definition) is 4. The molecule has 5 nitrogen and oxygen atoms in total. The largest absolute Gasteiger partial charge is 0.496 e. The van der Waals surface area contributed by atoms with Crippen LogP contribution in [-0.4, -0.2) is 43.2 Å². The molecule has 1 aliphatic rings. The van der Waals surface area contributed by atoms with Crippen LogP contribution < -0.4 is 10.5 Å². The van der Waals surface area contributed by atoms with Gasteiger partial charge in [-0.25, -0.2) is 0 Å². The van der Waals surface area contributed by atoms with Crippen molar-refractivity contribution < 1.29 is 14.3 Å². The van der Waals surface area contributed by atoms with Crippen molar-refractivity contribution in [3.8, 4) is 5.75 Å². The Morgan fingerprint density at radius 1 is 1.30 bits per heavy atom. The number of carbonyl (C=O) groups is 1. The first-order chi connectivity index (χ1) is 11.0. The zero-order valence-corrected chi connectivity index (χ0v) is 14.3. The lowest BCUT2D eigenvalue weighted by molar-refractivity contribution is -0.136. The maximum atomic E-state index is 12.3. The number of rotatable bonds is 6. The molecule has 0 aliphatic carbocycles. The molecule has 2 N–H and O–H groups in total. The molecule has 5 heteroatoms. The van der Waals surface area contributed by atoms with Gasteiger partial charge in [-0.05, 0) is 24.8 Å². The van der Waals surface area contributed by atoms with Crippen molar-refractivity contribution in [1.29, 1.82) is 0 Å². The predicted octanol–water partition coefficient (Wildman–Crippen LogP) is 2.19. The lowest BCUT2D eigenvalue weighted by Crippen LogP contribution is -2.50. The molecule has 1 aliphatic heterocycles. The zero-order chi connectivity index (χ0) is 16.8. The monoisotopic (exact) mass is 320 g/mol. The summed E-state index contributed by atoms with van der Waals surface area (Å²) >= 11 is 0. The number of nitrogens with zero attached hydrogens (tertiary/aromatic N) is 1. The highest BCUT2D eigenvalue weighted by Gasteiger charge is 2.28. The Labute approximate surface area is 138 Å². The second-order valence-electron chi connectivity index (χ2n) is 6.42. The normalized spacial score (nSPS) is 17.3. The molecule has 1 fully saturated rings. The van der Waals surface area contributed by atoms with Crippen LogP contribution in [0.15, 0.2) is 24.3 Å². The van der Waals surface area contributed by atoms with Crippen LogP contribution in [0.1, 0.15) is 32.3 Å². The molecule has 0 aromatic heterocycles. The van der Waals surface area contributed by atoms with Gasteiger partial charge < -0.3 is 20.1 Å². The van der Waals surface area contributed by atoms with Crippen molar-refractivity contribution in [2.45, 2.75) is 45.4 Å². The van der Waals surface area contributed by atoms with E-state index in [0.717, 1.165) is 37.2 Å². The minimum absolute atomic E-state index is 0.0585. The highest BCUT2D eigenvalue weighted by Crippen LogP contribution is 2.21. The molecule has 1 atom stereocenters. The molecule has 1 amide bonds. The van der Waals surface area contributed by atoms with E-state index in [2.05, 4.69) is 0 Å². The molecule has 0 radical (unpaired) electrons. The molecular formula is C18H28N2O3. The summed E-state index contributed by atoms with van der Waals surface area (Å²) in [5.41, 5.74) is 7.01. The second kappa shape index (κ2) is 8.31. The summed E-state index contributed by atoms with van der Waals surface area (Å²) < 4.78 is 11.3. The number of carbonyl (C=O) groups excluding carboxylic acids is 1. The number of methoxy groups -OCH3 is 1. The summed E-state index contributed by atoms with van der Waals surface area (Å²) in [7, 11) is 1.67. The third-order valence-electron chi connectivity index (χ3n) is 4.42. The number of amides is 1. The lowest BCUT2D eigenvalue weighted by Gasteiger charge is -2.34. The first-order valence-corrected chi connectivity index (χ1v) is 8.30. The standard InChI is InChI=1S/C18H28N2O3/c1-13(2)17(19)18(21)20-10-8-15(9-11-20)23-12-14-6-4-5-7-16(14)22-3/h4-7,13,15,17H,8-12,19H2,1-3H3/t17-/m0/s1. The van der Waals surface area contributed by atoms with E-state index in [1.807, 2.05) is 43.0 Å². The van der Waals surface area contributed by atoms with Crippen LogP contribution in [0, 0.1) is 5.92 Å². The summed E-state index contributed by atoms with van der Waals surface area (Å²) in [6, 6.07) is 7.48. The van der Waals surface area contributed by atoms with Crippen molar-refractivity contribution in [1.82, 2.24) is 4.90 Å². The van der Waals surface area contributed by atoms with Crippen LogP contribution in [0.25, 0.3) is 0 Å². The van der Waals surface area contributed by atoms with Crippen LogP contribution in [0.3, 0.4) is 0 Å². The number of piperidine rings is 1. The Hall–Kier alpha value is -1.59. The predicted molar refractivity (Wildman–Crippen MR) is 90.2 cm³/mol. The van der Waals surface area contributed by atoms with Gasteiger partial charge in [-0.2, -0.15) is 0 Å². The highest BCUT2D eigenvalue weighted by molar-refractivity contribution is 5.82. The molecule has 1 heterocycles. The Morgan fingerprint density at radius 2 is 1.96 bits per heavy atom. The average molecular weight is 320 g/mol. The van der Waals surface area contributed by atoms with E-state index in [9.17, 15) is 4.79 Å². The summed E-state index contributed by atoms with van der Waals surface area (Å²) in [6.45, 7) is 5.93. The van der Waals surface area contributed by atoms with E-state index in [4.69, 9.17) is 15.2 Å². The third-order valence-corrected chi connectivity index (χ3v) is 4.42. The van der Waals surface area contributed by atoms with E-state index in [0.29, 0.717) is 6.61 Å². The minimum atomic E-state index is -0.402. The van der Waals surface area contributed by atoms with Gasteiger partial charge in [0.05, 0.1) is 25.9 Å². The van der Waals surface area contributed by atoms with Gasteiger partial charge in [-0.3, -0.25) is 4.79 Å². The summed E-state index contributed by atoms with van der Waals surface area (Å²) in [4.78, 5) is 14.1. The van der Waals surface area contributed by atoms with Crippen molar-refractivity contribution >= 4 is 5.91 Å². The van der Waals surface area contributed by atoms with Gasteiger partial charge >= 0.3 is 0 Å². The van der Waals surface area contributed by atoms with Crippen LogP contribution in [0.4, 0.5) is 0 Å². The Balaban J connectivity index is 1.80. The third kappa shape index (κ3) is 4.69. The zero-order valence-electron chi connectivity index (χ0n) is 14.3. The molecule has 1 aromatic carbocycles. The number of nitrogens with two attached hydrogens (primary N) is 1. The van der Waals surface area contributed by atoms with Crippen molar-refractivity contribution in [2.24, 2.45) is 11.7 Å². The molecule has 1 aromatic rings. The van der Waals surface area contributed by atoms with Gasteiger partial charge in [-0.1, -0.05) is 32.0 Å². The van der Waals surface area contributed by atoms with Gasteiger partial charge in [0.1, 0.15) is 5.75 Å². The van der Waals surface area contributed by atoms with Gasteiger partial charge in [0.2, 0.25) is 5.91 Å². The molecule has 0 unspecified atom stereocenters. The van der Waals surface area contributed by atoms with E-state index < -0.39 is 6.04 Å². The van der Waals surface area contributed by atoms with Gasteiger partial charge in [0.15, 0.2) is 0 Å². The van der Waals surface area contributed by atoms with Crippen LogP contribution in [0.2, 0.25) is 0 Å². The van der Waals surface area contributed by atoms with E-state index in [1.54, 1.807) is 7.11 Å². The lowest BCUT2D eigenvalue weighted by atomic mass is 10.0. The molecule has 2 rings (SSSR count). The van der Waals surface area contributed by atoms with Crippen LogP contribution >= 0.6 is 0 Å². The molecule has 0 spiro atoms. The van der Waals surface area contributed by atoms with Crippen molar-refractivity contribution in [2.75, 3.05) is 20.2 Å². The number of hydrogen-bond donors (Lipinski definition) is 1. The average Bonchev–Trinajstić information content (AvgIpc) is 2.59. The fraction of sp³-hybridized carbons (Fsp3) is 0.611. The topological polar surface area (TPSA) is 64.8 Å². The van der Waals surface area contributed by atoms with Crippen molar-refractivity contribution in [3.05, 3.63) is 29.8 Å². The quantitative estimate of drug-likeness (QED) is 0.872. The molecule has 1 saturated heterocycles. The van der Waals surface area contributed by atoms with Crippen molar-refractivity contribution in [3.63, 3.8) is 0 Å². The number of ether oxygens (including phenoxy) is 2. The number of likely N-dealkylation sites (tertiary alicyclic amines) is 1. The molecular weight excluding hydrogens is 292 g/mol. The Bertz CT molecular complexity index is 511. The molecule has 0 saturated carbocycles. The maximum absolute atomic E-state index is 12.3. The minimum Gasteiger partial charge on any atom is -0.496 e. The Morgan fingerprint density at radius 3 is 2.57 bits per heavy atom. The maximum Gasteiger partial charge on any atom is 0.239 e. The van der Waals surface area contributed by atoms with E-state index in [1.165, 1.54) is 0 Å². The Kier molecular flexibility index (Phi) is 6.42. The second-order valence-corrected chi connectivity index (χ2v) is 6.42. The molecule has 128 valence electrons. The first-order valence-electron chi connectivity index (χ1n) is 8.30. The highest BCUT2D eigenvalue weighted by atomic mass is 16.5. The SMILES string of the molecule is COc1ccccc1COC1CCN(C(=O)[C@@H](N)C(C)C)CC1. The smallest absolute Gasteiger partial charge is 0.239 e. The fourth-order valence-corrected chi connectivity index (χ4v) is 2.77.